The van der Waals surface area contributed by atoms with Crippen molar-refractivity contribution in [2.24, 2.45) is 0 Å². The van der Waals surface area contributed by atoms with Crippen LogP contribution in [0.1, 0.15) is 27.7 Å². The predicted molar refractivity (Wildman–Crippen MR) is 97.4 cm³/mol. The molecule has 1 fully saturated rings. The maximum Gasteiger partial charge on any atom is 0.189 e. The van der Waals surface area contributed by atoms with E-state index < -0.39 is 0 Å². The summed E-state index contributed by atoms with van der Waals surface area (Å²) in [6.07, 6.45) is 1.90. The third kappa shape index (κ3) is 3.71. The van der Waals surface area contributed by atoms with E-state index in [2.05, 4.69) is 15.5 Å². The fourth-order valence-corrected chi connectivity index (χ4v) is 2.98. The smallest absolute Gasteiger partial charge is 0.189 e. The molecule has 26 heavy (non-hydrogen) atoms. The van der Waals surface area contributed by atoms with Crippen LogP contribution in [-0.2, 0) is 11.2 Å². The Bertz CT molecular complexity index is 868. The normalized spacial score (nSPS) is 17.2. The van der Waals surface area contributed by atoms with Gasteiger partial charge in [0.05, 0.1) is 24.6 Å². The maximum absolute atomic E-state index is 12.5. The highest BCUT2D eigenvalue weighted by atomic mass is 16.5. The van der Waals surface area contributed by atoms with Crippen LogP contribution in [0.5, 0.6) is 0 Å². The van der Waals surface area contributed by atoms with E-state index in [1.165, 1.54) is 11.0 Å². The first-order valence-corrected chi connectivity index (χ1v) is 8.72. The topological polar surface area (TPSA) is 69.0 Å². The minimum atomic E-state index is -0.0458. The first-order chi connectivity index (χ1) is 12.8. The molecule has 0 aliphatic carbocycles. The van der Waals surface area contributed by atoms with Crippen molar-refractivity contribution in [1.29, 1.82) is 0 Å². The number of carbonyl (C=O) groups excluding carboxylic acids is 1. The molecule has 0 spiro atoms. The van der Waals surface area contributed by atoms with Crippen LogP contribution in [0.25, 0.3) is 5.69 Å². The molecule has 0 saturated carbocycles. The second-order valence-electron chi connectivity index (χ2n) is 6.26. The van der Waals surface area contributed by atoms with Crippen LogP contribution in [0, 0.1) is 0 Å². The molecule has 4 rings (SSSR count). The van der Waals surface area contributed by atoms with E-state index >= 15 is 0 Å². The molecule has 3 aromatic rings. The Morgan fingerprint density at radius 2 is 1.96 bits per heavy atom. The lowest BCUT2D eigenvalue weighted by atomic mass is 10.0. The van der Waals surface area contributed by atoms with Crippen LogP contribution in [-0.4, -0.2) is 40.5 Å². The molecule has 1 N–H and O–H groups in total. The highest BCUT2D eigenvalue weighted by Crippen LogP contribution is 2.19. The number of benzene rings is 2. The first kappa shape index (κ1) is 16.6. The minimum Gasteiger partial charge on any atom is -0.371 e. The van der Waals surface area contributed by atoms with Crippen LogP contribution >= 0.6 is 0 Å². The zero-order valence-electron chi connectivity index (χ0n) is 14.3. The molecule has 1 aliphatic heterocycles. The molecule has 1 aliphatic rings. The summed E-state index contributed by atoms with van der Waals surface area (Å²) in [7, 11) is 0. The number of ether oxygens (including phenoxy) is 1. The van der Waals surface area contributed by atoms with Crippen molar-refractivity contribution in [1.82, 2.24) is 20.3 Å². The molecule has 2 aromatic carbocycles. The zero-order valence-corrected chi connectivity index (χ0v) is 14.3. The fraction of sp³-hybridized carbons (Fsp3) is 0.250. The van der Waals surface area contributed by atoms with E-state index in [1.807, 2.05) is 54.6 Å². The summed E-state index contributed by atoms with van der Waals surface area (Å²) in [6, 6.07) is 17.6. The van der Waals surface area contributed by atoms with Crippen molar-refractivity contribution >= 4 is 5.78 Å². The fourth-order valence-electron chi connectivity index (χ4n) is 2.98. The van der Waals surface area contributed by atoms with Gasteiger partial charge in [-0.15, -0.1) is 5.10 Å². The average Bonchev–Trinajstić information content (AvgIpc) is 3.20. The van der Waals surface area contributed by atoms with Crippen molar-refractivity contribution in [3.63, 3.8) is 0 Å². The summed E-state index contributed by atoms with van der Waals surface area (Å²) in [4.78, 5) is 14.0. The van der Waals surface area contributed by atoms with Gasteiger partial charge in [-0.2, -0.15) is 9.90 Å². The largest absolute Gasteiger partial charge is 0.371 e. The van der Waals surface area contributed by atoms with Gasteiger partial charge in [0.25, 0.3) is 0 Å². The van der Waals surface area contributed by atoms with Gasteiger partial charge in [-0.3, -0.25) is 4.79 Å². The van der Waals surface area contributed by atoms with Gasteiger partial charge in [0, 0.05) is 19.5 Å². The number of morpholine rings is 1. The number of Topliss-reactive ketones (excluding diaryl/α,β-unsaturated/α-hetero) is 1. The molecule has 6 heteroatoms. The number of nitrogens with one attached hydrogen (secondary N) is 1. The van der Waals surface area contributed by atoms with Gasteiger partial charge < -0.3 is 10.1 Å². The number of aromatic nitrogens is 3. The Hall–Kier alpha value is -2.83. The van der Waals surface area contributed by atoms with Crippen molar-refractivity contribution in [2.45, 2.75) is 12.5 Å². The van der Waals surface area contributed by atoms with Gasteiger partial charge in [-0.05, 0) is 23.3 Å². The first-order valence-electron chi connectivity index (χ1n) is 8.72. The van der Waals surface area contributed by atoms with E-state index in [4.69, 9.17) is 4.74 Å². The third-order valence-electron chi connectivity index (χ3n) is 4.41. The summed E-state index contributed by atoms with van der Waals surface area (Å²) in [5, 5.41) is 11.8. The summed E-state index contributed by atoms with van der Waals surface area (Å²) in [6.45, 7) is 2.44. The van der Waals surface area contributed by atoms with Gasteiger partial charge in [-0.25, -0.2) is 0 Å². The second-order valence-corrected chi connectivity index (χ2v) is 6.26. The molecule has 1 atom stereocenters. The quantitative estimate of drug-likeness (QED) is 0.717. The number of hydrogen-bond acceptors (Lipinski definition) is 5. The highest BCUT2D eigenvalue weighted by molar-refractivity contribution is 5.95. The summed E-state index contributed by atoms with van der Waals surface area (Å²) in [5.41, 5.74) is 3.29. The predicted octanol–water partition coefficient (Wildman–Crippen LogP) is 2.35. The van der Waals surface area contributed by atoms with E-state index in [-0.39, 0.29) is 11.9 Å². The Morgan fingerprint density at radius 3 is 2.69 bits per heavy atom. The molecule has 0 bridgehead atoms. The molecule has 132 valence electrons. The summed E-state index contributed by atoms with van der Waals surface area (Å²) >= 11 is 0. The van der Waals surface area contributed by atoms with E-state index in [9.17, 15) is 4.79 Å². The van der Waals surface area contributed by atoms with E-state index in [1.54, 1.807) is 0 Å². The minimum absolute atomic E-state index is 0.0458. The second kappa shape index (κ2) is 7.59. The van der Waals surface area contributed by atoms with Crippen LogP contribution in [0.15, 0.2) is 60.8 Å². The lowest BCUT2D eigenvalue weighted by molar-refractivity contribution is 0.0277. The van der Waals surface area contributed by atoms with Gasteiger partial charge in [-0.1, -0.05) is 42.5 Å². The monoisotopic (exact) mass is 348 g/mol. The van der Waals surface area contributed by atoms with Crippen LogP contribution in [0.2, 0.25) is 0 Å². The zero-order chi connectivity index (χ0) is 17.8. The number of rotatable bonds is 5. The lowest BCUT2D eigenvalue weighted by Crippen LogP contribution is -2.33. The molecule has 6 nitrogen and oxygen atoms in total. The van der Waals surface area contributed by atoms with Crippen LogP contribution < -0.4 is 5.32 Å². The molecule has 2 heterocycles. The van der Waals surface area contributed by atoms with Crippen LogP contribution in [0.3, 0.4) is 0 Å². The SMILES string of the molecule is O=C(Cc1ccc([C@H]2CNCCO2)cc1)c1cnn(-c2ccccc2)n1. The Labute approximate surface area is 151 Å². The number of hydrogen-bond donors (Lipinski definition) is 1. The number of carbonyl (C=O) groups is 1. The van der Waals surface area contributed by atoms with Gasteiger partial charge in [0.2, 0.25) is 0 Å². The van der Waals surface area contributed by atoms with Gasteiger partial charge in [0.15, 0.2) is 5.78 Å². The summed E-state index contributed by atoms with van der Waals surface area (Å²) < 4.78 is 5.75. The molecule has 0 radical (unpaired) electrons. The highest BCUT2D eigenvalue weighted by Gasteiger charge is 2.16. The number of nitrogens with zero attached hydrogens (tertiary/aromatic N) is 3. The third-order valence-corrected chi connectivity index (χ3v) is 4.41. The van der Waals surface area contributed by atoms with E-state index in [0.29, 0.717) is 12.1 Å². The van der Waals surface area contributed by atoms with Crippen molar-refractivity contribution < 1.29 is 9.53 Å². The number of para-hydroxylation sites is 1. The van der Waals surface area contributed by atoms with Gasteiger partial charge >= 0.3 is 0 Å². The Balaban J connectivity index is 1.42. The van der Waals surface area contributed by atoms with E-state index in [0.717, 1.165) is 36.5 Å². The Kier molecular flexibility index (Phi) is 4.86. The molecular weight excluding hydrogens is 328 g/mol. The molecule has 0 amide bonds. The molecular formula is C20H20N4O2. The van der Waals surface area contributed by atoms with Crippen molar-refractivity contribution in [3.8, 4) is 5.69 Å². The lowest BCUT2D eigenvalue weighted by Gasteiger charge is -2.24. The molecule has 1 saturated heterocycles. The average molecular weight is 348 g/mol. The standard InChI is InChI=1S/C20H20N4O2/c25-19(18-13-22-24(23-18)17-4-2-1-3-5-17)12-15-6-8-16(9-7-15)20-14-21-10-11-26-20/h1-9,13,20-21H,10-12,14H2/t20-/m1/s1. The number of ketones is 1. The van der Waals surface area contributed by atoms with Crippen LogP contribution in [0.4, 0.5) is 0 Å². The summed E-state index contributed by atoms with van der Waals surface area (Å²) in [5.74, 6) is -0.0458. The Morgan fingerprint density at radius 1 is 1.15 bits per heavy atom. The maximum atomic E-state index is 12.5. The van der Waals surface area contributed by atoms with Crippen molar-refractivity contribution in [2.75, 3.05) is 19.7 Å². The molecule has 1 aromatic heterocycles. The molecule has 0 unspecified atom stereocenters. The van der Waals surface area contributed by atoms with Crippen molar-refractivity contribution in [3.05, 3.63) is 77.6 Å². The van der Waals surface area contributed by atoms with Gasteiger partial charge in [0.1, 0.15) is 5.69 Å².